The van der Waals surface area contributed by atoms with Crippen molar-refractivity contribution in [2.24, 2.45) is 0 Å². The smallest absolute Gasteiger partial charge is 0.290 e. The van der Waals surface area contributed by atoms with Crippen LogP contribution in [0.1, 0.15) is 28.4 Å². The number of carbonyl (C=O) groups is 1. The van der Waals surface area contributed by atoms with Crippen LogP contribution >= 0.6 is 0 Å². The molecule has 2 rings (SSSR count). The van der Waals surface area contributed by atoms with E-state index in [1.54, 1.807) is 6.92 Å². The van der Waals surface area contributed by atoms with E-state index >= 15 is 0 Å². The number of carbonyl (C=O) groups excluding carboxylic acids is 1. The monoisotopic (exact) mass is 235 g/mol. The fourth-order valence-electron chi connectivity index (χ4n) is 1.40. The summed E-state index contributed by atoms with van der Waals surface area (Å²) in [6.45, 7) is 2.33. The second-order valence-corrected chi connectivity index (χ2v) is 3.63. The van der Waals surface area contributed by atoms with E-state index in [1.165, 1.54) is 12.5 Å². The van der Waals surface area contributed by atoms with Crippen molar-refractivity contribution in [3.8, 4) is 0 Å². The average molecular weight is 235 g/mol. The van der Waals surface area contributed by atoms with E-state index in [9.17, 15) is 4.79 Å². The first-order valence-corrected chi connectivity index (χ1v) is 5.31. The quantitative estimate of drug-likeness (QED) is 0.734. The van der Waals surface area contributed by atoms with Crippen LogP contribution in [0, 0.1) is 6.92 Å². The van der Waals surface area contributed by atoms with Gasteiger partial charge in [0.2, 0.25) is 5.76 Å². The fraction of sp³-hybridized carbons (Fsp3) is 0.400. The van der Waals surface area contributed by atoms with Crippen LogP contribution in [0.15, 0.2) is 17.0 Å². The van der Waals surface area contributed by atoms with Crippen molar-refractivity contribution in [1.29, 1.82) is 0 Å². The van der Waals surface area contributed by atoms with Crippen molar-refractivity contribution in [3.63, 3.8) is 0 Å². The highest BCUT2D eigenvalue weighted by molar-refractivity contribution is 5.92. The van der Waals surface area contributed by atoms with Gasteiger partial charge in [-0.2, -0.15) is 5.10 Å². The van der Waals surface area contributed by atoms with Gasteiger partial charge in [0.15, 0.2) is 0 Å². The minimum atomic E-state index is -0.238. The second-order valence-electron chi connectivity index (χ2n) is 3.63. The number of aromatic amines is 1. The number of aromatic nitrogens is 4. The Kier molecular flexibility index (Phi) is 3.49. The predicted octanol–water partition coefficient (Wildman–Crippen LogP) is 0.464. The second kappa shape index (κ2) is 5.24. The minimum Gasteiger partial charge on any atom is -0.351 e. The molecule has 2 aromatic heterocycles. The molecular formula is C10H13N5O2. The molecule has 90 valence electrons. The van der Waals surface area contributed by atoms with E-state index in [-0.39, 0.29) is 11.7 Å². The molecule has 0 spiro atoms. The molecule has 1 amide bonds. The third-order valence-corrected chi connectivity index (χ3v) is 2.30. The summed E-state index contributed by atoms with van der Waals surface area (Å²) in [6.07, 6.45) is 4.51. The van der Waals surface area contributed by atoms with Gasteiger partial charge >= 0.3 is 0 Å². The Morgan fingerprint density at radius 3 is 3.12 bits per heavy atom. The zero-order chi connectivity index (χ0) is 12.1. The topological polar surface area (TPSA) is 96.7 Å². The third kappa shape index (κ3) is 2.90. The number of amides is 1. The number of rotatable bonds is 5. The SMILES string of the molecule is Cc1cnoc1C(=O)NCCCc1ncn[nH]1. The van der Waals surface area contributed by atoms with E-state index in [4.69, 9.17) is 4.52 Å². The molecule has 0 aliphatic rings. The first-order valence-electron chi connectivity index (χ1n) is 5.31. The molecule has 0 unspecified atom stereocenters. The molecule has 0 saturated carbocycles. The van der Waals surface area contributed by atoms with Crippen molar-refractivity contribution in [2.75, 3.05) is 6.54 Å². The summed E-state index contributed by atoms with van der Waals surface area (Å²) in [5.41, 5.74) is 0.734. The van der Waals surface area contributed by atoms with E-state index in [2.05, 4.69) is 25.7 Å². The zero-order valence-corrected chi connectivity index (χ0v) is 9.43. The van der Waals surface area contributed by atoms with Crippen LogP contribution in [0.3, 0.4) is 0 Å². The molecular weight excluding hydrogens is 222 g/mol. The molecule has 17 heavy (non-hydrogen) atoms. The molecule has 0 radical (unpaired) electrons. The number of nitrogens with zero attached hydrogens (tertiary/aromatic N) is 3. The van der Waals surface area contributed by atoms with Crippen LogP contribution in [0.2, 0.25) is 0 Å². The summed E-state index contributed by atoms with van der Waals surface area (Å²) in [5.74, 6) is 0.845. The van der Waals surface area contributed by atoms with Gasteiger partial charge < -0.3 is 9.84 Å². The van der Waals surface area contributed by atoms with Crippen molar-refractivity contribution < 1.29 is 9.32 Å². The number of hydrogen-bond donors (Lipinski definition) is 2. The Morgan fingerprint density at radius 1 is 1.59 bits per heavy atom. The van der Waals surface area contributed by atoms with Gasteiger partial charge in [0.25, 0.3) is 5.91 Å². The molecule has 7 heteroatoms. The summed E-state index contributed by atoms with van der Waals surface area (Å²) in [7, 11) is 0. The predicted molar refractivity (Wildman–Crippen MR) is 58.3 cm³/mol. The normalized spacial score (nSPS) is 10.4. The highest BCUT2D eigenvalue weighted by Gasteiger charge is 2.12. The van der Waals surface area contributed by atoms with Gasteiger partial charge in [0.05, 0.1) is 6.20 Å². The highest BCUT2D eigenvalue weighted by Crippen LogP contribution is 2.05. The summed E-state index contributed by atoms with van der Waals surface area (Å²) in [4.78, 5) is 15.6. The van der Waals surface area contributed by atoms with Gasteiger partial charge in [0, 0.05) is 18.5 Å². The van der Waals surface area contributed by atoms with Gasteiger partial charge in [-0.3, -0.25) is 9.89 Å². The third-order valence-electron chi connectivity index (χ3n) is 2.30. The van der Waals surface area contributed by atoms with Crippen molar-refractivity contribution in [2.45, 2.75) is 19.8 Å². The maximum Gasteiger partial charge on any atom is 0.290 e. The van der Waals surface area contributed by atoms with E-state index < -0.39 is 0 Å². The average Bonchev–Trinajstić information content (AvgIpc) is 2.95. The molecule has 0 saturated heterocycles. The zero-order valence-electron chi connectivity index (χ0n) is 9.43. The number of aryl methyl sites for hydroxylation is 2. The maximum absolute atomic E-state index is 11.6. The maximum atomic E-state index is 11.6. The number of H-pyrrole nitrogens is 1. The van der Waals surface area contributed by atoms with E-state index in [0.29, 0.717) is 6.54 Å². The Labute approximate surface area is 97.6 Å². The lowest BCUT2D eigenvalue weighted by atomic mass is 10.2. The Hall–Kier alpha value is -2.18. The summed E-state index contributed by atoms with van der Waals surface area (Å²) in [6, 6.07) is 0. The molecule has 2 aromatic rings. The van der Waals surface area contributed by atoms with Gasteiger partial charge in [-0.25, -0.2) is 4.98 Å². The van der Waals surface area contributed by atoms with Crippen LogP contribution in [0.5, 0.6) is 0 Å². The molecule has 0 aliphatic heterocycles. The van der Waals surface area contributed by atoms with Gasteiger partial charge in [-0.1, -0.05) is 5.16 Å². The molecule has 0 aliphatic carbocycles. The lowest BCUT2D eigenvalue weighted by Gasteiger charge is -2.01. The molecule has 0 fully saturated rings. The molecule has 7 nitrogen and oxygen atoms in total. The van der Waals surface area contributed by atoms with Crippen molar-refractivity contribution in [3.05, 3.63) is 29.7 Å². The van der Waals surface area contributed by atoms with Gasteiger partial charge in [-0.05, 0) is 13.3 Å². The van der Waals surface area contributed by atoms with Crippen LogP contribution in [0.4, 0.5) is 0 Å². The van der Waals surface area contributed by atoms with Crippen LogP contribution in [-0.4, -0.2) is 32.8 Å². The highest BCUT2D eigenvalue weighted by atomic mass is 16.5. The lowest BCUT2D eigenvalue weighted by Crippen LogP contribution is -2.25. The molecule has 0 bridgehead atoms. The number of hydrogen-bond acceptors (Lipinski definition) is 5. The van der Waals surface area contributed by atoms with Crippen LogP contribution in [0.25, 0.3) is 0 Å². The van der Waals surface area contributed by atoms with Crippen molar-refractivity contribution in [1.82, 2.24) is 25.7 Å². The summed E-state index contributed by atoms with van der Waals surface area (Å²) >= 11 is 0. The molecule has 0 atom stereocenters. The minimum absolute atomic E-state index is 0.238. The Bertz CT molecular complexity index is 477. The lowest BCUT2D eigenvalue weighted by molar-refractivity contribution is 0.0915. The molecule has 0 aromatic carbocycles. The van der Waals surface area contributed by atoms with Gasteiger partial charge in [0.1, 0.15) is 12.2 Å². The summed E-state index contributed by atoms with van der Waals surface area (Å²) in [5, 5.41) is 12.8. The Morgan fingerprint density at radius 2 is 2.47 bits per heavy atom. The first-order chi connectivity index (χ1) is 8.27. The number of nitrogens with one attached hydrogen (secondary N) is 2. The standard InChI is InChI=1S/C10H13N5O2/c1-7-5-14-17-9(7)10(16)11-4-2-3-8-12-6-13-15-8/h5-6H,2-4H2,1H3,(H,11,16)(H,12,13,15). The van der Waals surface area contributed by atoms with Crippen LogP contribution < -0.4 is 5.32 Å². The van der Waals surface area contributed by atoms with Crippen molar-refractivity contribution >= 4 is 5.91 Å². The molecule has 2 heterocycles. The fourth-order valence-corrected chi connectivity index (χ4v) is 1.40. The first kappa shape index (κ1) is 11.3. The van der Waals surface area contributed by atoms with E-state index in [1.807, 2.05) is 0 Å². The largest absolute Gasteiger partial charge is 0.351 e. The van der Waals surface area contributed by atoms with Gasteiger partial charge in [-0.15, -0.1) is 0 Å². The molecule has 2 N–H and O–H groups in total. The van der Waals surface area contributed by atoms with E-state index in [0.717, 1.165) is 24.2 Å². The summed E-state index contributed by atoms with van der Waals surface area (Å²) < 4.78 is 4.84. The van der Waals surface area contributed by atoms with Crippen LogP contribution in [-0.2, 0) is 6.42 Å². The Balaban J connectivity index is 1.72.